The second kappa shape index (κ2) is 19.5. The number of esters is 1. The molecule has 5 heteroatoms. The molecule has 0 aromatic rings. The van der Waals surface area contributed by atoms with Crippen molar-refractivity contribution in [1.29, 1.82) is 0 Å². The van der Waals surface area contributed by atoms with E-state index in [9.17, 15) is 18.0 Å². The first-order chi connectivity index (χ1) is 10.2. The van der Waals surface area contributed by atoms with Gasteiger partial charge < -0.3 is 4.74 Å². The van der Waals surface area contributed by atoms with Crippen LogP contribution < -0.4 is 0 Å². The molecule has 0 aromatic carbocycles. The van der Waals surface area contributed by atoms with E-state index in [4.69, 9.17) is 0 Å². The van der Waals surface area contributed by atoms with Gasteiger partial charge in [-0.15, -0.1) is 0 Å². The summed E-state index contributed by atoms with van der Waals surface area (Å²) in [6.45, 7) is 16.0. The highest BCUT2D eigenvalue weighted by molar-refractivity contribution is 5.65. The normalized spacial score (nSPS) is 10.2. The van der Waals surface area contributed by atoms with Crippen LogP contribution in [0.5, 0.6) is 0 Å². The Kier molecular flexibility index (Phi) is 25.3. The zero-order valence-electron chi connectivity index (χ0n) is 15.1. The predicted octanol–water partition coefficient (Wildman–Crippen LogP) is 6.25. The molecule has 0 saturated heterocycles. The average Bonchev–Trinajstić information content (AvgIpc) is 2.51. The third kappa shape index (κ3) is 23.6. The number of methoxy groups -OCH3 is 1. The number of halogens is 3. The van der Waals surface area contributed by atoms with Gasteiger partial charge >= 0.3 is 12.1 Å². The fourth-order valence-corrected chi connectivity index (χ4v) is 0.720. The van der Waals surface area contributed by atoms with E-state index >= 15 is 0 Å². The van der Waals surface area contributed by atoms with E-state index < -0.39 is 11.7 Å². The number of hydrogen-bond donors (Lipinski definition) is 0. The van der Waals surface area contributed by atoms with Crippen molar-refractivity contribution in [3.05, 3.63) is 36.0 Å². The summed E-state index contributed by atoms with van der Waals surface area (Å²) in [7, 11) is 1.35. The van der Waals surface area contributed by atoms with E-state index in [1.165, 1.54) is 20.1 Å². The topological polar surface area (TPSA) is 26.3 Å². The van der Waals surface area contributed by atoms with Crippen molar-refractivity contribution in [3.63, 3.8) is 0 Å². The lowest BCUT2D eigenvalue weighted by atomic mass is 10.1. The van der Waals surface area contributed by atoms with Crippen LogP contribution in [0.25, 0.3) is 0 Å². The van der Waals surface area contributed by atoms with Crippen LogP contribution in [0.15, 0.2) is 36.0 Å². The Morgan fingerprint density at radius 1 is 1.14 bits per heavy atom. The minimum absolute atomic E-state index is 0.245. The summed E-state index contributed by atoms with van der Waals surface area (Å²) in [5.41, 5.74) is 0.0469. The molecule has 0 heterocycles. The first-order valence-corrected chi connectivity index (χ1v) is 7.32. The zero-order valence-corrected chi connectivity index (χ0v) is 15.1. The van der Waals surface area contributed by atoms with Gasteiger partial charge in [0.15, 0.2) is 0 Å². The van der Waals surface area contributed by atoms with Crippen molar-refractivity contribution in [2.45, 2.75) is 61.1 Å². The molecule has 0 saturated carbocycles. The maximum absolute atomic E-state index is 11.9. The number of rotatable bonds is 3. The summed E-state index contributed by atoms with van der Waals surface area (Å²) in [6.07, 6.45) is 0.621. The second-order valence-corrected chi connectivity index (χ2v) is 3.27. The largest absolute Gasteiger partial charge is 0.469 e. The lowest BCUT2D eigenvalue weighted by Gasteiger charge is -2.04. The summed E-state index contributed by atoms with van der Waals surface area (Å²) >= 11 is 0. The first-order valence-electron chi connectivity index (χ1n) is 7.32. The minimum Gasteiger partial charge on any atom is -0.469 e. The summed E-state index contributed by atoms with van der Waals surface area (Å²) in [6, 6.07) is 0. The smallest absolute Gasteiger partial charge is 0.415 e. The van der Waals surface area contributed by atoms with E-state index in [0.29, 0.717) is 0 Å². The Bertz CT molecular complexity index is 327. The molecule has 0 atom stereocenters. The van der Waals surface area contributed by atoms with Gasteiger partial charge in [0, 0.05) is 12.5 Å². The Hall–Kier alpha value is -1.52. The average molecular weight is 324 g/mol. The Balaban J connectivity index is -0.000000150. The van der Waals surface area contributed by atoms with Crippen LogP contribution in [0.1, 0.15) is 54.9 Å². The van der Waals surface area contributed by atoms with Crippen LogP contribution in [0.2, 0.25) is 0 Å². The Morgan fingerprint density at radius 3 is 1.68 bits per heavy atom. The molecule has 0 aromatic heterocycles. The van der Waals surface area contributed by atoms with Crippen molar-refractivity contribution in [2.75, 3.05) is 7.11 Å². The lowest BCUT2D eigenvalue weighted by Crippen LogP contribution is -2.08. The molecule has 0 aliphatic rings. The predicted molar refractivity (Wildman–Crippen MR) is 88.8 cm³/mol. The first kappa shape index (κ1) is 28.6. The molecular weight excluding hydrogens is 293 g/mol. The monoisotopic (exact) mass is 324 g/mol. The summed E-state index contributed by atoms with van der Waals surface area (Å²) in [5.74, 6) is -0.245. The highest BCUT2D eigenvalue weighted by Crippen LogP contribution is 2.25. The summed E-state index contributed by atoms with van der Waals surface area (Å²) < 4.78 is 39.9. The minimum atomic E-state index is -4.32. The molecule has 0 fully saturated rings. The molecule has 0 radical (unpaired) electrons. The van der Waals surface area contributed by atoms with Crippen LogP contribution in [0.3, 0.4) is 0 Å². The van der Waals surface area contributed by atoms with Crippen molar-refractivity contribution >= 4 is 5.97 Å². The summed E-state index contributed by atoms with van der Waals surface area (Å²) in [4.78, 5) is 9.59. The molecule has 0 amide bonds. The Labute approximate surface area is 133 Å². The summed E-state index contributed by atoms with van der Waals surface area (Å²) in [5, 5.41) is 0. The van der Waals surface area contributed by atoms with Gasteiger partial charge in [0.25, 0.3) is 0 Å². The number of carbonyl (C=O) groups excluding carboxylic acids is 1. The fraction of sp³-hybridized carbons (Fsp3) is 0.588. The van der Waals surface area contributed by atoms with Gasteiger partial charge in [0.1, 0.15) is 0 Å². The number of hydrogen-bond acceptors (Lipinski definition) is 2. The quantitative estimate of drug-likeness (QED) is 0.453. The molecule has 0 aliphatic carbocycles. The van der Waals surface area contributed by atoms with Gasteiger partial charge in [-0.3, -0.25) is 4.79 Å². The third-order valence-electron chi connectivity index (χ3n) is 1.93. The number of alkyl halides is 3. The van der Waals surface area contributed by atoms with Crippen LogP contribution in [0.4, 0.5) is 13.2 Å². The highest BCUT2D eigenvalue weighted by Gasteiger charge is 2.29. The van der Waals surface area contributed by atoms with Gasteiger partial charge in [0.2, 0.25) is 0 Å². The Morgan fingerprint density at radius 2 is 1.50 bits per heavy atom. The third-order valence-corrected chi connectivity index (χ3v) is 1.93. The van der Waals surface area contributed by atoms with Gasteiger partial charge in [-0.05, 0) is 13.3 Å². The van der Waals surface area contributed by atoms with Crippen LogP contribution in [0, 0.1) is 0 Å². The highest BCUT2D eigenvalue weighted by atomic mass is 19.4. The SMILES string of the molecule is C=C(/C=C\C(=C/C)CC)C(F)(F)F.CC.CC.COC(C)=O. The molecule has 0 rings (SSSR count). The van der Waals surface area contributed by atoms with Crippen LogP contribution in [-0.4, -0.2) is 19.3 Å². The van der Waals surface area contributed by atoms with Crippen molar-refractivity contribution in [1.82, 2.24) is 0 Å². The molecule has 0 spiro atoms. The molecule has 2 nitrogen and oxygen atoms in total. The maximum Gasteiger partial charge on any atom is 0.415 e. The van der Waals surface area contributed by atoms with E-state index in [-0.39, 0.29) is 5.97 Å². The van der Waals surface area contributed by atoms with Gasteiger partial charge in [-0.25, -0.2) is 0 Å². The standard InChI is InChI=1S/C10H13F3.C3H6O2.2C2H6/c1-4-9(5-2)7-6-8(3)10(11,12)13;1-3(4)5-2;2*1-2/h4,6-7H,3,5H2,1-2H3;1-2H3;2*1-2H3/b7-6-,9-4-;;;. The molecule has 22 heavy (non-hydrogen) atoms. The van der Waals surface area contributed by atoms with Crippen molar-refractivity contribution in [3.8, 4) is 0 Å². The van der Waals surface area contributed by atoms with Gasteiger partial charge in [-0.2, -0.15) is 13.2 Å². The molecular formula is C17H31F3O2. The maximum atomic E-state index is 11.9. The lowest BCUT2D eigenvalue weighted by molar-refractivity contribution is -0.137. The van der Waals surface area contributed by atoms with E-state index in [1.807, 2.05) is 34.6 Å². The number of carbonyl (C=O) groups is 1. The van der Waals surface area contributed by atoms with Crippen LogP contribution >= 0.6 is 0 Å². The van der Waals surface area contributed by atoms with E-state index in [0.717, 1.165) is 18.1 Å². The van der Waals surface area contributed by atoms with Crippen LogP contribution in [-0.2, 0) is 9.53 Å². The molecule has 132 valence electrons. The van der Waals surface area contributed by atoms with Crippen molar-refractivity contribution in [2.24, 2.45) is 0 Å². The second-order valence-electron chi connectivity index (χ2n) is 3.27. The number of allylic oxidation sites excluding steroid dienone is 5. The van der Waals surface area contributed by atoms with E-state index in [1.54, 1.807) is 13.0 Å². The fourth-order valence-electron chi connectivity index (χ4n) is 0.720. The zero-order chi connectivity index (χ0) is 18.8. The van der Waals surface area contributed by atoms with Crippen molar-refractivity contribution < 1.29 is 22.7 Å². The molecule has 0 bridgehead atoms. The molecule has 0 N–H and O–H groups in total. The molecule has 0 unspecified atom stereocenters. The van der Waals surface area contributed by atoms with Gasteiger partial charge in [0.05, 0.1) is 7.11 Å². The van der Waals surface area contributed by atoms with E-state index in [2.05, 4.69) is 11.3 Å². The number of ether oxygens (including phenoxy) is 1. The van der Waals surface area contributed by atoms with Gasteiger partial charge in [-0.1, -0.05) is 65.0 Å². The molecule has 0 aliphatic heterocycles.